The lowest BCUT2D eigenvalue weighted by molar-refractivity contribution is -0.130. The van der Waals surface area contributed by atoms with E-state index in [0.717, 1.165) is 43.6 Å². The Morgan fingerprint density at radius 1 is 1.16 bits per heavy atom. The summed E-state index contributed by atoms with van der Waals surface area (Å²) in [5.74, 6) is -0.326. The SMILES string of the molecule is CC(=O)N1CCC(Cc2cccnc2-c2ccccc2C(=O)O)CC1. The number of piperidine rings is 1. The molecule has 1 amide bonds. The van der Waals surface area contributed by atoms with Gasteiger partial charge in [0.1, 0.15) is 0 Å². The highest BCUT2D eigenvalue weighted by atomic mass is 16.4. The van der Waals surface area contributed by atoms with Crippen LogP contribution in [-0.2, 0) is 11.2 Å². The van der Waals surface area contributed by atoms with Crippen LogP contribution >= 0.6 is 0 Å². The smallest absolute Gasteiger partial charge is 0.336 e. The zero-order valence-electron chi connectivity index (χ0n) is 14.3. The van der Waals surface area contributed by atoms with Crippen LogP contribution in [0.2, 0.25) is 0 Å². The second-order valence-electron chi connectivity index (χ2n) is 6.52. The molecule has 5 nitrogen and oxygen atoms in total. The molecule has 0 spiro atoms. The van der Waals surface area contributed by atoms with Crippen LogP contribution in [0.3, 0.4) is 0 Å². The Labute approximate surface area is 147 Å². The number of carboxylic acids is 1. The first-order valence-electron chi connectivity index (χ1n) is 8.58. The molecule has 5 heteroatoms. The molecule has 0 radical (unpaired) electrons. The molecule has 1 aromatic heterocycles. The van der Waals surface area contributed by atoms with Crippen molar-refractivity contribution in [1.29, 1.82) is 0 Å². The molecule has 1 saturated heterocycles. The Bertz CT molecular complexity index is 780. The maximum absolute atomic E-state index is 11.5. The first-order chi connectivity index (χ1) is 12.1. The van der Waals surface area contributed by atoms with Gasteiger partial charge in [-0.15, -0.1) is 0 Å². The third-order valence-electron chi connectivity index (χ3n) is 4.87. The number of aromatic carboxylic acids is 1. The van der Waals surface area contributed by atoms with Crippen molar-refractivity contribution >= 4 is 11.9 Å². The van der Waals surface area contributed by atoms with Gasteiger partial charge in [-0.2, -0.15) is 0 Å². The van der Waals surface area contributed by atoms with E-state index >= 15 is 0 Å². The van der Waals surface area contributed by atoms with E-state index in [9.17, 15) is 14.7 Å². The minimum absolute atomic E-state index is 0.135. The Hall–Kier alpha value is -2.69. The molecule has 2 aromatic rings. The molecule has 1 aliphatic heterocycles. The molecule has 0 aliphatic carbocycles. The Balaban J connectivity index is 1.83. The van der Waals surface area contributed by atoms with E-state index in [1.54, 1.807) is 25.3 Å². The van der Waals surface area contributed by atoms with Gasteiger partial charge < -0.3 is 10.0 Å². The number of nitrogens with zero attached hydrogens (tertiary/aromatic N) is 2. The summed E-state index contributed by atoms with van der Waals surface area (Å²) in [6.07, 6.45) is 4.49. The molecule has 2 heterocycles. The van der Waals surface area contributed by atoms with Crippen LogP contribution in [-0.4, -0.2) is 40.0 Å². The lowest BCUT2D eigenvalue weighted by Gasteiger charge is -2.31. The van der Waals surface area contributed by atoms with E-state index in [4.69, 9.17) is 0 Å². The van der Waals surface area contributed by atoms with E-state index in [0.29, 0.717) is 11.5 Å². The maximum Gasteiger partial charge on any atom is 0.336 e. The van der Waals surface area contributed by atoms with E-state index in [2.05, 4.69) is 4.98 Å². The monoisotopic (exact) mass is 338 g/mol. The number of amides is 1. The van der Waals surface area contributed by atoms with Crippen molar-refractivity contribution in [3.05, 3.63) is 53.7 Å². The zero-order valence-corrected chi connectivity index (χ0v) is 14.3. The van der Waals surface area contributed by atoms with Gasteiger partial charge in [-0.25, -0.2) is 4.79 Å². The molecule has 3 rings (SSSR count). The second-order valence-corrected chi connectivity index (χ2v) is 6.52. The van der Waals surface area contributed by atoms with Gasteiger partial charge in [0.15, 0.2) is 0 Å². The minimum Gasteiger partial charge on any atom is -0.478 e. The summed E-state index contributed by atoms with van der Waals surface area (Å²) in [5.41, 5.74) is 2.74. The van der Waals surface area contributed by atoms with Crippen LogP contribution < -0.4 is 0 Å². The number of rotatable bonds is 4. The van der Waals surface area contributed by atoms with Crippen molar-refractivity contribution in [2.75, 3.05) is 13.1 Å². The number of benzene rings is 1. The minimum atomic E-state index is -0.943. The van der Waals surface area contributed by atoms with Crippen LogP contribution in [0.15, 0.2) is 42.6 Å². The van der Waals surface area contributed by atoms with Gasteiger partial charge in [0.25, 0.3) is 0 Å². The summed E-state index contributed by atoms with van der Waals surface area (Å²) in [4.78, 5) is 29.4. The summed E-state index contributed by atoms with van der Waals surface area (Å²) < 4.78 is 0. The summed E-state index contributed by atoms with van der Waals surface area (Å²) in [6.45, 7) is 3.20. The number of likely N-dealkylation sites (tertiary alicyclic amines) is 1. The Morgan fingerprint density at radius 3 is 2.56 bits per heavy atom. The summed E-state index contributed by atoms with van der Waals surface area (Å²) in [6, 6.07) is 10.9. The molecular formula is C20H22N2O3. The van der Waals surface area contributed by atoms with Crippen molar-refractivity contribution < 1.29 is 14.7 Å². The lowest BCUT2D eigenvalue weighted by atomic mass is 9.88. The number of pyridine rings is 1. The highest BCUT2D eigenvalue weighted by Gasteiger charge is 2.23. The average Bonchev–Trinajstić information content (AvgIpc) is 2.62. The van der Waals surface area contributed by atoms with Crippen molar-refractivity contribution in [3.8, 4) is 11.3 Å². The third kappa shape index (κ3) is 3.87. The highest BCUT2D eigenvalue weighted by Crippen LogP contribution is 2.29. The fourth-order valence-corrected chi connectivity index (χ4v) is 3.48. The van der Waals surface area contributed by atoms with Crippen LogP contribution in [0.5, 0.6) is 0 Å². The maximum atomic E-state index is 11.5. The standard InChI is InChI=1S/C20H22N2O3/c1-14(23)22-11-8-15(9-12-22)13-16-5-4-10-21-19(16)17-6-2-3-7-18(17)20(24)25/h2-7,10,15H,8-9,11-13H2,1H3,(H,24,25). The van der Waals surface area contributed by atoms with Crippen molar-refractivity contribution in [3.63, 3.8) is 0 Å². The van der Waals surface area contributed by atoms with Gasteiger partial charge >= 0.3 is 5.97 Å². The quantitative estimate of drug-likeness (QED) is 0.929. The molecular weight excluding hydrogens is 316 g/mol. The number of carboxylic acid groups (broad SMARTS) is 1. The molecule has 0 atom stereocenters. The highest BCUT2D eigenvalue weighted by molar-refractivity contribution is 5.95. The summed E-state index contributed by atoms with van der Waals surface area (Å²) in [5, 5.41) is 9.46. The molecule has 130 valence electrons. The second kappa shape index (κ2) is 7.47. The van der Waals surface area contributed by atoms with Gasteiger partial charge in [0.05, 0.1) is 11.3 Å². The number of hydrogen-bond acceptors (Lipinski definition) is 3. The van der Waals surface area contributed by atoms with Gasteiger partial charge in [0, 0.05) is 31.8 Å². The number of carbonyl (C=O) groups excluding carboxylic acids is 1. The molecule has 0 unspecified atom stereocenters. The number of aromatic nitrogens is 1. The topological polar surface area (TPSA) is 70.5 Å². The fraction of sp³-hybridized carbons (Fsp3) is 0.350. The van der Waals surface area contributed by atoms with E-state index in [1.807, 2.05) is 29.2 Å². The molecule has 1 N–H and O–H groups in total. The van der Waals surface area contributed by atoms with Gasteiger partial charge in [-0.05, 0) is 42.9 Å². The van der Waals surface area contributed by atoms with Gasteiger partial charge in [-0.3, -0.25) is 9.78 Å². The molecule has 0 saturated carbocycles. The predicted molar refractivity (Wildman–Crippen MR) is 95.3 cm³/mol. The fourth-order valence-electron chi connectivity index (χ4n) is 3.48. The third-order valence-corrected chi connectivity index (χ3v) is 4.87. The normalized spacial score (nSPS) is 15.2. The molecule has 25 heavy (non-hydrogen) atoms. The first-order valence-corrected chi connectivity index (χ1v) is 8.58. The predicted octanol–water partition coefficient (Wildman–Crippen LogP) is 3.25. The van der Waals surface area contributed by atoms with Gasteiger partial charge in [0.2, 0.25) is 5.91 Å². The summed E-state index contributed by atoms with van der Waals surface area (Å²) in [7, 11) is 0. The average molecular weight is 338 g/mol. The Morgan fingerprint density at radius 2 is 1.88 bits per heavy atom. The van der Waals surface area contributed by atoms with Crippen LogP contribution in [0.25, 0.3) is 11.3 Å². The van der Waals surface area contributed by atoms with E-state index < -0.39 is 5.97 Å². The van der Waals surface area contributed by atoms with Crippen LogP contribution in [0, 0.1) is 5.92 Å². The number of hydrogen-bond donors (Lipinski definition) is 1. The lowest BCUT2D eigenvalue weighted by Crippen LogP contribution is -2.37. The molecule has 1 aromatic carbocycles. The van der Waals surface area contributed by atoms with Crippen LogP contribution in [0.1, 0.15) is 35.7 Å². The zero-order chi connectivity index (χ0) is 17.8. The molecule has 1 aliphatic rings. The Kier molecular flexibility index (Phi) is 5.12. The van der Waals surface area contributed by atoms with Crippen molar-refractivity contribution in [2.24, 2.45) is 5.92 Å². The molecule has 1 fully saturated rings. The summed E-state index contributed by atoms with van der Waals surface area (Å²) >= 11 is 0. The van der Waals surface area contributed by atoms with E-state index in [1.165, 1.54) is 0 Å². The van der Waals surface area contributed by atoms with Crippen molar-refractivity contribution in [2.45, 2.75) is 26.2 Å². The van der Waals surface area contributed by atoms with Crippen molar-refractivity contribution in [1.82, 2.24) is 9.88 Å². The van der Waals surface area contributed by atoms with E-state index in [-0.39, 0.29) is 11.5 Å². The molecule has 0 bridgehead atoms. The number of carbonyl (C=O) groups is 2. The largest absolute Gasteiger partial charge is 0.478 e. The van der Waals surface area contributed by atoms with Gasteiger partial charge in [-0.1, -0.05) is 24.3 Å². The van der Waals surface area contributed by atoms with Crippen LogP contribution in [0.4, 0.5) is 0 Å². The first kappa shape index (κ1) is 17.1.